The predicted molar refractivity (Wildman–Crippen MR) is 138 cm³/mol. The van der Waals surface area contributed by atoms with Crippen LogP contribution in [0.25, 0.3) is 0 Å². The van der Waals surface area contributed by atoms with Gasteiger partial charge in [-0.25, -0.2) is 4.99 Å². The number of nitrogens with one attached hydrogen (secondary N) is 1. The lowest BCUT2D eigenvalue weighted by molar-refractivity contribution is -0.129. The van der Waals surface area contributed by atoms with Crippen molar-refractivity contribution in [3.8, 4) is 5.75 Å². The highest BCUT2D eigenvalue weighted by molar-refractivity contribution is 8.15. The van der Waals surface area contributed by atoms with Crippen LogP contribution >= 0.6 is 23.4 Å². The van der Waals surface area contributed by atoms with Gasteiger partial charge in [0.15, 0.2) is 5.17 Å². The van der Waals surface area contributed by atoms with Gasteiger partial charge in [0, 0.05) is 17.1 Å². The summed E-state index contributed by atoms with van der Waals surface area (Å²) < 4.78 is 5.22. The third-order valence-corrected chi connectivity index (χ3v) is 6.95. The van der Waals surface area contributed by atoms with Crippen LogP contribution in [-0.2, 0) is 16.1 Å². The summed E-state index contributed by atoms with van der Waals surface area (Å²) in [6.45, 7) is 2.27. The van der Waals surface area contributed by atoms with Crippen LogP contribution in [0, 0.1) is 6.92 Å². The van der Waals surface area contributed by atoms with Crippen LogP contribution in [0.2, 0.25) is 5.02 Å². The lowest BCUT2D eigenvalue weighted by atomic mass is 10.2. The van der Waals surface area contributed by atoms with Crippen LogP contribution in [-0.4, -0.2) is 34.2 Å². The van der Waals surface area contributed by atoms with Crippen LogP contribution in [0.1, 0.15) is 17.5 Å². The summed E-state index contributed by atoms with van der Waals surface area (Å²) in [6.07, 6.45) is 0.0740. The number of methoxy groups -OCH3 is 1. The van der Waals surface area contributed by atoms with Gasteiger partial charge in [-0.3, -0.25) is 14.5 Å². The second-order valence-corrected chi connectivity index (χ2v) is 9.40. The van der Waals surface area contributed by atoms with Crippen molar-refractivity contribution in [3.05, 3.63) is 88.9 Å². The zero-order valence-electron chi connectivity index (χ0n) is 18.8. The number of carbonyl (C=O) groups excluding carboxylic acids is 2. The van der Waals surface area contributed by atoms with Crippen LogP contribution in [0.3, 0.4) is 0 Å². The molecule has 1 atom stereocenters. The number of thioether (sulfide) groups is 1. The van der Waals surface area contributed by atoms with E-state index in [1.807, 2.05) is 67.6 Å². The maximum atomic E-state index is 13.2. The largest absolute Gasteiger partial charge is 0.497 e. The SMILES string of the molecule is COc1ccc(N=C2SC(C(=O)Nc3ccc(C)c(Cl)c3)CC(=O)N2Cc2ccccc2)cc1. The number of carbonyl (C=O) groups is 2. The lowest BCUT2D eigenvalue weighted by Gasteiger charge is -2.32. The minimum Gasteiger partial charge on any atom is -0.497 e. The molecule has 3 aromatic carbocycles. The lowest BCUT2D eigenvalue weighted by Crippen LogP contribution is -2.44. The highest BCUT2D eigenvalue weighted by Gasteiger charge is 2.36. The van der Waals surface area contributed by atoms with E-state index in [9.17, 15) is 9.59 Å². The molecule has 174 valence electrons. The third kappa shape index (κ3) is 5.79. The van der Waals surface area contributed by atoms with Crippen molar-refractivity contribution in [3.63, 3.8) is 0 Å². The molecule has 0 radical (unpaired) electrons. The fourth-order valence-electron chi connectivity index (χ4n) is 3.42. The van der Waals surface area contributed by atoms with Crippen molar-refractivity contribution in [1.29, 1.82) is 0 Å². The Morgan fingerprint density at radius 3 is 2.56 bits per heavy atom. The first kappa shape index (κ1) is 23.9. The standard InChI is InChI=1S/C26H24ClN3O3S/c1-17-8-9-20(14-22(17)27)28-25(32)23-15-24(31)30(16-18-6-4-3-5-7-18)26(34-23)29-19-10-12-21(33-2)13-11-19/h3-14,23H,15-16H2,1-2H3,(H,28,32). The second kappa shape index (κ2) is 10.8. The molecule has 1 heterocycles. The molecule has 2 amide bonds. The molecule has 34 heavy (non-hydrogen) atoms. The first-order valence-electron chi connectivity index (χ1n) is 10.7. The molecule has 1 unspecified atom stereocenters. The third-order valence-electron chi connectivity index (χ3n) is 5.35. The van der Waals surface area contributed by atoms with E-state index >= 15 is 0 Å². The Labute approximate surface area is 208 Å². The molecule has 1 aliphatic heterocycles. The number of nitrogens with zero attached hydrogens (tertiary/aromatic N) is 2. The molecule has 3 aromatic rings. The average Bonchev–Trinajstić information content (AvgIpc) is 2.84. The van der Waals surface area contributed by atoms with Gasteiger partial charge in [-0.2, -0.15) is 0 Å². The van der Waals surface area contributed by atoms with Gasteiger partial charge in [-0.1, -0.05) is 59.8 Å². The summed E-state index contributed by atoms with van der Waals surface area (Å²) in [7, 11) is 1.60. The number of halogens is 1. The number of amides is 2. The van der Waals surface area contributed by atoms with Crippen LogP contribution in [0.4, 0.5) is 11.4 Å². The molecule has 0 aliphatic carbocycles. The summed E-state index contributed by atoms with van der Waals surface area (Å²) in [6, 6.07) is 22.3. The quantitative estimate of drug-likeness (QED) is 0.470. The van der Waals surface area contributed by atoms with Crippen molar-refractivity contribution in [2.24, 2.45) is 4.99 Å². The van der Waals surface area contributed by atoms with Crippen molar-refractivity contribution >= 4 is 51.7 Å². The van der Waals surface area contributed by atoms with Gasteiger partial charge in [0.2, 0.25) is 11.8 Å². The number of anilines is 1. The molecule has 1 saturated heterocycles. The molecule has 4 rings (SSSR count). The highest BCUT2D eigenvalue weighted by Crippen LogP contribution is 2.32. The monoisotopic (exact) mass is 493 g/mol. The normalized spacial score (nSPS) is 17.0. The van der Waals surface area contributed by atoms with Crippen LogP contribution in [0.15, 0.2) is 77.8 Å². The fourth-order valence-corrected chi connectivity index (χ4v) is 4.70. The Balaban J connectivity index is 1.59. The van der Waals surface area contributed by atoms with Crippen molar-refractivity contribution in [2.75, 3.05) is 12.4 Å². The average molecular weight is 494 g/mol. The van der Waals surface area contributed by atoms with Crippen LogP contribution in [0.5, 0.6) is 5.75 Å². The van der Waals surface area contributed by atoms with Crippen molar-refractivity contribution < 1.29 is 14.3 Å². The summed E-state index contributed by atoms with van der Waals surface area (Å²) in [5.41, 5.74) is 3.16. The van der Waals surface area contributed by atoms with Gasteiger partial charge in [0.25, 0.3) is 0 Å². The zero-order valence-corrected chi connectivity index (χ0v) is 20.4. The van der Waals surface area contributed by atoms with E-state index in [1.165, 1.54) is 11.8 Å². The molecule has 0 saturated carbocycles. The fraction of sp³-hybridized carbons (Fsp3) is 0.192. The molecule has 0 bridgehead atoms. The first-order chi connectivity index (χ1) is 16.4. The molecule has 6 nitrogen and oxygen atoms in total. The Morgan fingerprint density at radius 1 is 1.15 bits per heavy atom. The van der Waals surface area contributed by atoms with Gasteiger partial charge >= 0.3 is 0 Å². The Hall–Kier alpha value is -3.29. The predicted octanol–water partition coefficient (Wildman–Crippen LogP) is 5.82. The van der Waals surface area contributed by atoms with Gasteiger partial charge in [-0.15, -0.1) is 0 Å². The van der Waals surface area contributed by atoms with E-state index < -0.39 is 5.25 Å². The smallest absolute Gasteiger partial charge is 0.238 e. The number of benzene rings is 3. The van der Waals surface area contributed by atoms with Crippen LogP contribution < -0.4 is 10.1 Å². The van der Waals surface area contributed by atoms with E-state index in [1.54, 1.807) is 24.1 Å². The maximum absolute atomic E-state index is 13.2. The number of ether oxygens (including phenoxy) is 1. The number of aliphatic imine (C=N–C) groups is 1. The summed E-state index contributed by atoms with van der Waals surface area (Å²) in [4.78, 5) is 32.6. The number of amidine groups is 1. The molecular formula is C26H24ClN3O3S. The molecule has 1 fully saturated rings. The Bertz CT molecular complexity index is 1220. The number of hydrogen-bond donors (Lipinski definition) is 1. The maximum Gasteiger partial charge on any atom is 0.238 e. The second-order valence-electron chi connectivity index (χ2n) is 7.82. The Kier molecular flexibility index (Phi) is 7.55. The van der Waals surface area contributed by atoms with Gasteiger partial charge in [0.05, 0.1) is 19.3 Å². The van der Waals surface area contributed by atoms with E-state index in [0.717, 1.165) is 11.1 Å². The van der Waals surface area contributed by atoms with E-state index in [-0.39, 0.29) is 18.2 Å². The minimum atomic E-state index is -0.614. The zero-order chi connectivity index (χ0) is 24.1. The number of hydrogen-bond acceptors (Lipinski definition) is 5. The summed E-state index contributed by atoms with van der Waals surface area (Å²) >= 11 is 7.47. The van der Waals surface area contributed by atoms with Crippen molar-refractivity contribution in [2.45, 2.75) is 25.1 Å². The first-order valence-corrected chi connectivity index (χ1v) is 12.0. The minimum absolute atomic E-state index is 0.0740. The number of rotatable bonds is 6. The molecule has 8 heteroatoms. The van der Waals surface area contributed by atoms with E-state index in [4.69, 9.17) is 21.3 Å². The molecular weight excluding hydrogens is 470 g/mol. The molecule has 1 N–H and O–H groups in total. The molecule has 0 aromatic heterocycles. The van der Waals surface area contributed by atoms with E-state index in [0.29, 0.717) is 33.9 Å². The number of aryl methyl sites for hydroxylation is 1. The summed E-state index contributed by atoms with van der Waals surface area (Å²) in [5, 5.41) is 3.31. The van der Waals surface area contributed by atoms with Crippen molar-refractivity contribution in [1.82, 2.24) is 4.90 Å². The van der Waals surface area contributed by atoms with Gasteiger partial charge in [-0.05, 0) is 54.4 Å². The van der Waals surface area contributed by atoms with E-state index in [2.05, 4.69) is 5.32 Å². The summed E-state index contributed by atoms with van der Waals surface area (Å²) in [5.74, 6) is 0.295. The highest BCUT2D eigenvalue weighted by atomic mass is 35.5. The Morgan fingerprint density at radius 2 is 1.88 bits per heavy atom. The molecule has 1 aliphatic rings. The molecule has 0 spiro atoms. The van der Waals surface area contributed by atoms with Gasteiger partial charge < -0.3 is 10.1 Å². The topological polar surface area (TPSA) is 71.0 Å². The van der Waals surface area contributed by atoms with Gasteiger partial charge in [0.1, 0.15) is 11.0 Å².